The van der Waals surface area contributed by atoms with Crippen molar-refractivity contribution in [2.24, 2.45) is 0 Å². The summed E-state index contributed by atoms with van der Waals surface area (Å²) in [4.78, 5) is 18.3. The van der Waals surface area contributed by atoms with Gasteiger partial charge in [0, 0.05) is 36.4 Å². The third-order valence-electron chi connectivity index (χ3n) is 4.60. The van der Waals surface area contributed by atoms with Crippen molar-refractivity contribution >= 4 is 22.5 Å². The fraction of sp³-hybridized carbons (Fsp3) is 0.412. The second-order valence-corrected chi connectivity index (χ2v) is 6.22. The zero-order chi connectivity index (χ0) is 15.2. The lowest BCUT2D eigenvalue weighted by Gasteiger charge is -2.34. The Morgan fingerprint density at radius 1 is 1.36 bits per heavy atom. The predicted molar refractivity (Wildman–Crippen MR) is 85.0 cm³/mol. The van der Waals surface area contributed by atoms with Crippen molar-refractivity contribution in [3.63, 3.8) is 0 Å². The number of hydrogen-bond donors (Lipinski definition) is 1. The van der Waals surface area contributed by atoms with Gasteiger partial charge in [-0.15, -0.1) is 0 Å². The molecular weight excluding hydrogens is 278 g/mol. The number of carbonyl (C=O) groups is 1. The van der Waals surface area contributed by atoms with Gasteiger partial charge in [0.05, 0.1) is 5.52 Å². The van der Waals surface area contributed by atoms with Gasteiger partial charge in [0.15, 0.2) is 0 Å². The van der Waals surface area contributed by atoms with Crippen molar-refractivity contribution in [3.8, 4) is 0 Å². The Morgan fingerprint density at radius 2 is 2.23 bits per heavy atom. The first kappa shape index (κ1) is 13.5. The fourth-order valence-electron chi connectivity index (χ4n) is 3.44. The van der Waals surface area contributed by atoms with Gasteiger partial charge in [-0.2, -0.15) is 0 Å². The van der Waals surface area contributed by atoms with Gasteiger partial charge in [-0.25, -0.2) is 0 Å². The molecule has 2 saturated heterocycles. The maximum absolute atomic E-state index is 11.3. The lowest BCUT2D eigenvalue weighted by Crippen LogP contribution is -2.53. The topological polar surface area (TPSA) is 54.5 Å². The summed E-state index contributed by atoms with van der Waals surface area (Å²) < 4.78 is 5.86. The summed E-state index contributed by atoms with van der Waals surface area (Å²) in [6.07, 6.45) is 0.934. The van der Waals surface area contributed by atoms with Crippen molar-refractivity contribution in [1.29, 1.82) is 0 Å². The minimum atomic E-state index is -0.244. The number of aromatic nitrogens is 1. The van der Waals surface area contributed by atoms with Crippen molar-refractivity contribution in [3.05, 3.63) is 36.0 Å². The van der Waals surface area contributed by atoms with Gasteiger partial charge in [-0.1, -0.05) is 18.2 Å². The summed E-state index contributed by atoms with van der Waals surface area (Å²) in [5.74, 6) is -0.0192. The van der Waals surface area contributed by atoms with Gasteiger partial charge in [-0.3, -0.25) is 9.78 Å². The molecule has 2 aliphatic rings. The number of fused-ring (bicyclic) bond motifs is 1. The van der Waals surface area contributed by atoms with E-state index in [2.05, 4.69) is 33.4 Å². The van der Waals surface area contributed by atoms with Crippen LogP contribution in [0.5, 0.6) is 0 Å². The molecule has 1 spiro atoms. The fourth-order valence-corrected chi connectivity index (χ4v) is 3.44. The molecule has 4 rings (SSSR count). The molecule has 1 amide bonds. The molecule has 0 radical (unpaired) electrons. The number of para-hydroxylation sites is 1. The first-order chi connectivity index (χ1) is 10.7. The van der Waals surface area contributed by atoms with Gasteiger partial charge < -0.3 is 15.0 Å². The highest BCUT2D eigenvalue weighted by molar-refractivity contribution is 5.92. The van der Waals surface area contributed by atoms with E-state index in [0.29, 0.717) is 6.54 Å². The Morgan fingerprint density at radius 3 is 3.05 bits per heavy atom. The minimum absolute atomic E-state index is 0.0192. The van der Waals surface area contributed by atoms with Crippen molar-refractivity contribution in [1.82, 2.24) is 10.3 Å². The number of ether oxygens (including phenoxy) is 1. The molecule has 3 heterocycles. The number of hydrogen-bond acceptors (Lipinski definition) is 4. The standard InChI is InChI=1S/C17H19N3O2/c1-12-8-15(13-4-2-3-5-14(13)19-12)20-7-6-17(11-20)10-18-16(21)9-22-17/h2-5,8H,6-7,9-11H2,1H3,(H,18,21). The number of aryl methyl sites for hydroxylation is 1. The number of anilines is 1. The number of morpholine rings is 1. The van der Waals surface area contributed by atoms with E-state index in [9.17, 15) is 4.79 Å². The van der Waals surface area contributed by atoms with E-state index in [4.69, 9.17) is 4.74 Å². The Balaban J connectivity index is 1.67. The van der Waals surface area contributed by atoms with Crippen LogP contribution in [0.4, 0.5) is 5.69 Å². The highest BCUT2D eigenvalue weighted by Crippen LogP contribution is 2.34. The van der Waals surface area contributed by atoms with Crippen LogP contribution in [0.2, 0.25) is 0 Å². The SMILES string of the molecule is Cc1cc(N2CCC3(CNC(=O)CO3)C2)c2ccccc2n1. The third kappa shape index (κ3) is 2.22. The first-order valence-corrected chi connectivity index (χ1v) is 7.67. The van der Waals surface area contributed by atoms with E-state index in [1.165, 1.54) is 11.1 Å². The van der Waals surface area contributed by atoms with Crippen LogP contribution in [0, 0.1) is 6.92 Å². The summed E-state index contributed by atoms with van der Waals surface area (Å²) in [6.45, 7) is 4.54. The predicted octanol–water partition coefficient (Wildman–Crippen LogP) is 1.64. The van der Waals surface area contributed by atoms with Crippen LogP contribution in [0.25, 0.3) is 10.9 Å². The van der Waals surface area contributed by atoms with Crippen molar-refractivity contribution < 1.29 is 9.53 Å². The second-order valence-electron chi connectivity index (χ2n) is 6.22. The maximum atomic E-state index is 11.3. The minimum Gasteiger partial charge on any atom is -0.368 e. The van der Waals surface area contributed by atoms with Gasteiger partial charge in [0.1, 0.15) is 12.2 Å². The molecule has 2 fully saturated rings. The summed E-state index contributed by atoms with van der Waals surface area (Å²) in [7, 11) is 0. The van der Waals surface area contributed by atoms with E-state index in [1.54, 1.807) is 0 Å². The molecule has 0 bridgehead atoms. The zero-order valence-electron chi connectivity index (χ0n) is 12.6. The molecule has 1 unspecified atom stereocenters. The van der Waals surface area contributed by atoms with Crippen LogP contribution >= 0.6 is 0 Å². The van der Waals surface area contributed by atoms with Gasteiger partial charge in [-0.05, 0) is 25.5 Å². The van der Waals surface area contributed by atoms with Crippen LogP contribution in [0.3, 0.4) is 0 Å². The molecule has 22 heavy (non-hydrogen) atoms. The molecule has 1 aromatic heterocycles. The maximum Gasteiger partial charge on any atom is 0.246 e. The van der Waals surface area contributed by atoms with Crippen molar-refractivity contribution in [2.45, 2.75) is 18.9 Å². The van der Waals surface area contributed by atoms with E-state index < -0.39 is 0 Å². The molecular formula is C17H19N3O2. The number of nitrogens with one attached hydrogen (secondary N) is 1. The van der Waals surface area contributed by atoms with Gasteiger partial charge >= 0.3 is 0 Å². The Hall–Kier alpha value is -2.14. The largest absolute Gasteiger partial charge is 0.368 e. The van der Waals surface area contributed by atoms with Crippen molar-refractivity contribution in [2.75, 3.05) is 31.1 Å². The average molecular weight is 297 g/mol. The lowest BCUT2D eigenvalue weighted by atomic mass is 10.0. The van der Waals surface area contributed by atoms with E-state index >= 15 is 0 Å². The zero-order valence-corrected chi connectivity index (χ0v) is 12.6. The number of pyridine rings is 1. The number of amides is 1. The van der Waals surface area contributed by atoms with E-state index in [0.717, 1.165) is 30.7 Å². The van der Waals surface area contributed by atoms with Crippen LogP contribution < -0.4 is 10.2 Å². The van der Waals surface area contributed by atoms with E-state index in [-0.39, 0.29) is 18.1 Å². The second kappa shape index (κ2) is 4.95. The first-order valence-electron chi connectivity index (χ1n) is 7.67. The monoisotopic (exact) mass is 297 g/mol. The molecule has 0 aliphatic carbocycles. The molecule has 1 aromatic carbocycles. The quantitative estimate of drug-likeness (QED) is 0.869. The van der Waals surface area contributed by atoms with E-state index in [1.807, 2.05) is 19.1 Å². The Labute approximate surface area is 129 Å². The summed E-state index contributed by atoms with van der Waals surface area (Å²) in [6, 6.07) is 10.4. The highest BCUT2D eigenvalue weighted by atomic mass is 16.5. The number of benzene rings is 1. The van der Waals surface area contributed by atoms with Crippen LogP contribution in [-0.4, -0.2) is 42.7 Å². The summed E-state index contributed by atoms with van der Waals surface area (Å²) in [5, 5.41) is 4.10. The molecule has 2 aliphatic heterocycles. The number of carbonyl (C=O) groups excluding carboxylic acids is 1. The molecule has 0 saturated carbocycles. The Kier molecular flexibility index (Phi) is 3.04. The van der Waals surface area contributed by atoms with Crippen LogP contribution in [-0.2, 0) is 9.53 Å². The highest BCUT2D eigenvalue weighted by Gasteiger charge is 2.42. The number of nitrogens with zero attached hydrogens (tertiary/aromatic N) is 2. The third-order valence-corrected chi connectivity index (χ3v) is 4.60. The van der Waals surface area contributed by atoms with Crippen LogP contribution in [0.15, 0.2) is 30.3 Å². The molecule has 5 heteroatoms. The molecule has 2 aromatic rings. The molecule has 5 nitrogen and oxygen atoms in total. The van der Waals surface area contributed by atoms with Gasteiger partial charge in [0.25, 0.3) is 0 Å². The normalized spacial score (nSPS) is 25.0. The lowest BCUT2D eigenvalue weighted by molar-refractivity contribution is -0.141. The van der Waals surface area contributed by atoms with Crippen LogP contribution in [0.1, 0.15) is 12.1 Å². The molecule has 114 valence electrons. The summed E-state index contributed by atoms with van der Waals surface area (Å²) >= 11 is 0. The Bertz CT molecular complexity index is 734. The molecule has 1 N–H and O–H groups in total. The summed E-state index contributed by atoms with van der Waals surface area (Å²) in [5.41, 5.74) is 3.01. The van der Waals surface area contributed by atoms with Gasteiger partial charge in [0.2, 0.25) is 5.91 Å². The smallest absolute Gasteiger partial charge is 0.246 e. The molecule has 1 atom stereocenters. The number of rotatable bonds is 1. The average Bonchev–Trinajstić information content (AvgIpc) is 2.94.